The summed E-state index contributed by atoms with van der Waals surface area (Å²) in [7, 11) is 0. The van der Waals surface area contributed by atoms with Crippen molar-refractivity contribution >= 4 is 11.5 Å². The van der Waals surface area contributed by atoms with Gasteiger partial charge >= 0.3 is 0 Å². The zero-order chi connectivity index (χ0) is 19.2. The van der Waals surface area contributed by atoms with Crippen LogP contribution in [0.25, 0.3) is 5.57 Å². The standard InChI is InChI=1S/C21H31N3O3/c1-14(24-16(3)25)11-26-19-9-17(10-19)12-27-21-15(2)20(22-13-23-21)18-7-5-4-6-8-18/h7,13-14,17,19H,4-6,8-12H2,1-3H3,(H,24,25)/t14-,17?,19?/m0/s1. The van der Waals surface area contributed by atoms with Gasteiger partial charge in [-0.25, -0.2) is 9.97 Å². The summed E-state index contributed by atoms with van der Waals surface area (Å²) in [6.07, 6.45) is 10.9. The number of allylic oxidation sites excluding steroid dienone is 2. The molecule has 1 heterocycles. The fraction of sp³-hybridized carbons (Fsp3) is 0.667. The van der Waals surface area contributed by atoms with Gasteiger partial charge in [-0.2, -0.15) is 0 Å². The van der Waals surface area contributed by atoms with Gasteiger partial charge in [0.2, 0.25) is 11.8 Å². The number of aromatic nitrogens is 2. The number of hydrogen-bond donors (Lipinski definition) is 1. The molecule has 0 bridgehead atoms. The van der Waals surface area contributed by atoms with Crippen molar-refractivity contribution in [3.8, 4) is 5.88 Å². The molecule has 1 fully saturated rings. The highest BCUT2D eigenvalue weighted by atomic mass is 16.5. The Balaban J connectivity index is 1.43. The van der Waals surface area contributed by atoms with Crippen LogP contribution in [0.3, 0.4) is 0 Å². The lowest BCUT2D eigenvalue weighted by Crippen LogP contribution is -2.40. The molecule has 1 saturated carbocycles. The molecule has 27 heavy (non-hydrogen) atoms. The normalized spacial score (nSPS) is 23.1. The third-order valence-corrected chi connectivity index (χ3v) is 5.31. The summed E-state index contributed by atoms with van der Waals surface area (Å²) >= 11 is 0. The molecule has 1 aromatic heterocycles. The lowest BCUT2D eigenvalue weighted by Gasteiger charge is -2.35. The Labute approximate surface area is 161 Å². The smallest absolute Gasteiger partial charge is 0.219 e. The molecule has 6 heteroatoms. The van der Waals surface area contributed by atoms with Crippen molar-refractivity contribution in [2.75, 3.05) is 13.2 Å². The minimum absolute atomic E-state index is 0.0189. The molecule has 3 rings (SSSR count). The SMILES string of the molecule is CC(=O)N[C@@H](C)COC1CC(COc2ncnc(C3=CCCCC3)c2C)C1. The number of nitrogens with one attached hydrogen (secondary N) is 1. The van der Waals surface area contributed by atoms with E-state index in [1.165, 1.54) is 25.3 Å². The van der Waals surface area contributed by atoms with E-state index in [1.54, 1.807) is 6.33 Å². The molecule has 6 nitrogen and oxygen atoms in total. The molecular formula is C21H31N3O3. The van der Waals surface area contributed by atoms with E-state index in [4.69, 9.17) is 9.47 Å². The van der Waals surface area contributed by atoms with E-state index in [2.05, 4.69) is 28.3 Å². The summed E-state index contributed by atoms with van der Waals surface area (Å²) in [5.41, 5.74) is 3.42. The highest BCUT2D eigenvalue weighted by molar-refractivity contribution is 5.73. The van der Waals surface area contributed by atoms with E-state index in [-0.39, 0.29) is 18.1 Å². The minimum atomic E-state index is -0.0189. The Morgan fingerprint density at radius 2 is 2.15 bits per heavy atom. The molecule has 0 unspecified atom stereocenters. The second kappa shape index (κ2) is 9.31. The number of amides is 1. The monoisotopic (exact) mass is 373 g/mol. The summed E-state index contributed by atoms with van der Waals surface area (Å²) in [6, 6.07) is 0.0500. The Morgan fingerprint density at radius 1 is 1.33 bits per heavy atom. The fourth-order valence-corrected chi connectivity index (χ4v) is 3.77. The van der Waals surface area contributed by atoms with Crippen LogP contribution in [0.2, 0.25) is 0 Å². The van der Waals surface area contributed by atoms with Crippen LogP contribution in [0.4, 0.5) is 0 Å². The zero-order valence-corrected chi connectivity index (χ0v) is 16.7. The van der Waals surface area contributed by atoms with Crippen LogP contribution in [0.15, 0.2) is 12.4 Å². The van der Waals surface area contributed by atoms with Crippen LogP contribution in [0, 0.1) is 12.8 Å². The predicted molar refractivity (Wildman–Crippen MR) is 104 cm³/mol. The number of nitrogens with zero attached hydrogens (tertiary/aromatic N) is 2. The first-order valence-corrected chi connectivity index (χ1v) is 10.1. The molecule has 0 radical (unpaired) electrons. The topological polar surface area (TPSA) is 73.3 Å². The van der Waals surface area contributed by atoms with Gasteiger partial charge in [0.05, 0.1) is 25.0 Å². The van der Waals surface area contributed by atoms with Crippen LogP contribution in [-0.4, -0.2) is 41.2 Å². The summed E-state index contributed by atoms with van der Waals surface area (Å²) in [5.74, 6) is 1.18. The average Bonchev–Trinajstić information content (AvgIpc) is 2.61. The Hall–Kier alpha value is -1.95. The van der Waals surface area contributed by atoms with Crippen molar-refractivity contribution in [3.05, 3.63) is 23.7 Å². The van der Waals surface area contributed by atoms with Gasteiger partial charge < -0.3 is 14.8 Å². The summed E-state index contributed by atoms with van der Waals surface area (Å²) < 4.78 is 11.8. The molecule has 0 spiro atoms. The van der Waals surface area contributed by atoms with Crippen molar-refractivity contribution in [2.24, 2.45) is 5.92 Å². The van der Waals surface area contributed by atoms with Crippen molar-refractivity contribution in [1.29, 1.82) is 0 Å². The molecule has 148 valence electrons. The van der Waals surface area contributed by atoms with E-state index >= 15 is 0 Å². The number of hydrogen-bond acceptors (Lipinski definition) is 5. The van der Waals surface area contributed by atoms with E-state index in [0.29, 0.717) is 25.0 Å². The van der Waals surface area contributed by atoms with Gasteiger partial charge in [-0.1, -0.05) is 6.08 Å². The summed E-state index contributed by atoms with van der Waals surface area (Å²) in [6.45, 7) is 6.76. The molecule has 1 N–H and O–H groups in total. The van der Waals surface area contributed by atoms with Crippen molar-refractivity contribution in [1.82, 2.24) is 15.3 Å². The van der Waals surface area contributed by atoms with Crippen LogP contribution in [0.5, 0.6) is 5.88 Å². The van der Waals surface area contributed by atoms with Gasteiger partial charge in [-0.3, -0.25) is 4.79 Å². The highest BCUT2D eigenvalue weighted by Gasteiger charge is 2.31. The second-order valence-corrected chi connectivity index (χ2v) is 7.83. The number of carbonyl (C=O) groups is 1. The number of ether oxygens (including phenoxy) is 2. The second-order valence-electron chi connectivity index (χ2n) is 7.83. The Morgan fingerprint density at radius 3 is 2.85 bits per heavy atom. The predicted octanol–water partition coefficient (Wildman–Crippen LogP) is 3.44. The molecular weight excluding hydrogens is 342 g/mol. The molecule has 2 aliphatic rings. The molecule has 1 amide bonds. The maximum Gasteiger partial charge on any atom is 0.219 e. The fourth-order valence-electron chi connectivity index (χ4n) is 3.77. The molecule has 0 aliphatic heterocycles. The highest BCUT2D eigenvalue weighted by Crippen LogP contribution is 2.33. The van der Waals surface area contributed by atoms with Crippen molar-refractivity contribution in [3.63, 3.8) is 0 Å². The van der Waals surface area contributed by atoms with Gasteiger partial charge in [0, 0.05) is 18.5 Å². The molecule has 0 aromatic carbocycles. The maximum atomic E-state index is 11.0. The van der Waals surface area contributed by atoms with Crippen LogP contribution >= 0.6 is 0 Å². The van der Waals surface area contributed by atoms with Crippen LogP contribution < -0.4 is 10.1 Å². The third-order valence-electron chi connectivity index (χ3n) is 5.31. The maximum absolute atomic E-state index is 11.0. The van der Waals surface area contributed by atoms with Gasteiger partial charge in [0.15, 0.2) is 0 Å². The Kier molecular flexibility index (Phi) is 6.83. The molecule has 1 atom stereocenters. The average molecular weight is 373 g/mol. The van der Waals surface area contributed by atoms with E-state index in [1.807, 2.05) is 6.92 Å². The first-order valence-electron chi connectivity index (χ1n) is 10.1. The van der Waals surface area contributed by atoms with E-state index < -0.39 is 0 Å². The zero-order valence-electron chi connectivity index (χ0n) is 16.7. The Bertz CT molecular complexity index is 683. The lowest BCUT2D eigenvalue weighted by molar-refractivity contribution is -0.120. The van der Waals surface area contributed by atoms with Gasteiger partial charge in [0.25, 0.3) is 0 Å². The van der Waals surface area contributed by atoms with Gasteiger partial charge in [-0.15, -0.1) is 0 Å². The first kappa shape index (κ1) is 19.8. The molecule has 2 aliphatic carbocycles. The quantitative estimate of drug-likeness (QED) is 0.756. The summed E-state index contributed by atoms with van der Waals surface area (Å²) in [4.78, 5) is 19.8. The number of rotatable bonds is 8. The molecule has 0 saturated heterocycles. The summed E-state index contributed by atoms with van der Waals surface area (Å²) in [5, 5.41) is 2.84. The van der Waals surface area contributed by atoms with Gasteiger partial charge in [0.1, 0.15) is 6.33 Å². The lowest BCUT2D eigenvalue weighted by atomic mass is 9.83. The van der Waals surface area contributed by atoms with Crippen molar-refractivity contribution in [2.45, 2.75) is 71.4 Å². The first-order chi connectivity index (χ1) is 13.0. The largest absolute Gasteiger partial charge is 0.477 e. The van der Waals surface area contributed by atoms with Gasteiger partial charge in [-0.05, 0) is 63.9 Å². The van der Waals surface area contributed by atoms with E-state index in [9.17, 15) is 4.79 Å². The molecule has 1 aromatic rings. The van der Waals surface area contributed by atoms with Crippen molar-refractivity contribution < 1.29 is 14.3 Å². The third kappa shape index (κ3) is 5.51. The number of carbonyl (C=O) groups excluding carboxylic acids is 1. The van der Waals surface area contributed by atoms with E-state index in [0.717, 1.165) is 36.9 Å². The minimum Gasteiger partial charge on any atom is -0.477 e. The van der Waals surface area contributed by atoms with Crippen LogP contribution in [0.1, 0.15) is 63.6 Å². The van der Waals surface area contributed by atoms with Crippen LogP contribution in [-0.2, 0) is 9.53 Å².